The summed E-state index contributed by atoms with van der Waals surface area (Å²) in [4.78, 5) is 9.77. The van der Waals surface area contributed by atoms with E-state index in [-0.39, 0.29) is 11.0 Å². The van der Waals surface area contributed by atoms with Crippen LogP contribution in [0.25, 0.3) is 0 Å². The summed E-state index contributed by atoms with van der Waals surface area (Å²) in [6, 6.07) is 6.26. The van der Waals surface area contributed by atoms with E-state index in [0.717, 1.165) is 5.69 Å². The number of non-ortho nitro benzene ring substituents is 1. The van der Waals surface area contributed by atoms with Crippen LogP contribution in [0.2, 0.25) is 0 Å². The fraction of sp³-hybridized carbons (Fsp3) is 0.250. The highest BCUT2D eigenvalue weighted by molar-refractivity contribution is 6.40. The van der Waals surface area contributed by atoms with Gasteiger partial charge in [-0.25, -0.2) is 0 Å². The van der Waals surface area contributed by atoms with Crippen LogP contribution in [-0.2, 0) is 0 Å². The molecule has 14 heavy (non-hydrogen) atoms. The average Bonchev–Trinajstić information content (AvgIpc) is 2.19. The van der Waals surface area contributed by atoms with Crippen molar-refractivity contribution >= 4 is 34.6 Å². The van der Waals surface area contributed by atoms with E-state index >= 15 is 0 Å². The highest BCUT2D eigenvalue weighted by Crippen LogP contribution is 2.14. The number of rotatable bonds is 2. The van der Waals surface area contributed by atoms with Crippen molar-refractivity contribution in [2.24, 2.45) is 0 Å². The van der Waals surface area contributed by atoms with Crippen molar-refractivity contribution in [3.8, 4) is 0 Å². The number of halogens is 2. The van der Waals surface area contributed by atoms with Crippen molar-refractivity contribution in [3.63, 3.8) is 0 Å². The van der Waals surface area contributed by atoms with Crippen molar-refractivity contribution in [1.82, 2.24) is 0 Å². The molecule has 0 aliphatic carbocycles. The number of hydrogen-bond acceptors (Lipinski definition) is 3. The van der Waals surface area contributed by atoms with E-state index in [2.05, 4.69) is 5.32 Å². The van der Waals surface area contributed by atoms with Gasteiger partial charge in [0.2, 0.25) is 0 Å². The van der Waals surface area contributed by atoms with Gasteiger partial charge in [-0.2, -0.15) is 0 Å². The van der Waals surface area contributed by atoms with E-state index in [1.807, 2.05) is 0 Å². The van der Waals surface area contributed by atoms with Gasteiger partial charge in [-0.05, 0) is 12.1 Å². The summed E-state index contributed by atoms with van der Waals surface area (Å²) in [6.07, 6.45) is 0. The smallest absolute Gasteiger partial charge is 0.269 e. The Balaban J connectivity index is 0.000000500. The number of benzene rings is 1. The lowest BCUT2D eigenvalue weighted by molar-refractivity contribution is -0.384. The molecule has 6 heteroatoms. The number of alkyl halides is 2. The maximum atomic E-state index is 10.2. The molecule has 1 N–H and O–H groups in total. The molecule has 1 aromatic carbocycles. The van der Waals surface area contributed by atoms with Crippen LogP contribution in [0.15, 0.2) is 24.3 Å². The van der Waals surface area contributed by atoms with E-state index in [1.54, 1.807) is 19.2 Å². The third kappa shape index (κ3) is 4.89. The second kappa shape index (κ2) is 7.41. The minimum Gasteiger partial charge on any atom is -0.388 e. The Morgan fingerprint density at radius 2 is 1.79 bits per heavy atom. The van der Waals surface area contributed by atoms with Crippen LogP contribution in [0.4, 0.5) is 11.4 Å². The SMILES string of the molecule is CNc1ccc([N+](=O)[O-])cc1.ClCCl. The zero-order valence-corrected chi connectivity index (χ0v) is 9.05. The van der Waals surface area contributed by atoms with Gasteiger partial charge in [-0.3, -0.25) is 10.1 Å². The fourth-order valence-electron chi connectivity index (χ4n) is 0.750. The van der Waals surface area contributed by atoms with Gasteiger partial charge in [0.25, 0.3) is 5.69 Å². The maximum Gasteiger partial charge on any atom is 0.269 e. The summed E-state index contributed by atoms with van der Waals surface area (Å²) < 4.78 is 0. The molecule has 0 radical (unpaired) electrons. The maximum absolute atomic E-state index is 10.2. The van der Waals surface area contributed by atoms with Gasteiger partial charge < -0.3 is 5.32 Å². The van der Waals surface area contributed by atoms with Gasteiger partial charge in [0.05, 0.1) is 10.3 Å². The Morgan fingerprint density at radius 3 is 2.07 bits per heavy atom. The van der Waals surface area contributed by atoms with E-state index < -0.39 is 4.92 Å². The van der Waals surface area contributed by atoms with Crippen LogP contribution in [0, 0.1) is 10.1 Å². The van der Waals surface area contributed by atoms with Crippen molar-refractivity contribution in [1.29, 1.82) is 0 Å². The van der Waals surface area contributed by atoms with Crippen molar-refractivity contribution < 1.29 is 4.92 Å². The molecule has 0 atom stereocenters. The van der Waals surface area contributed by atoms with Crippen LogP contribution in [-0.4, -0.2) is 17.3 Å². The van der Waals surface area contributed by atoms with E-state index in [0.29, 0.717) is 0 Å². The molecule has 0 aromatic heterocycles. The molecule has 78 valence electrons. The van der Waals surface area contributed by atoms with Crippen molar-refractivity contribution in [2.75, 3.05) is 17.7 Å². The molecule has 0 fully saturated rings. The molecule has 0 saturated heterocycles. The fourth-order valence-corrected chi connectivity index (χ4v) is 0.750. The Kier molecular flexibility index (Phi) is 6.88. The first kappa shape index (κ1) is 13.0. The predicted octanol–water partition coefficient (Wildman–Crippen LogP) is 3.06. The average molecular weight is 237 g/mol. The lowest BCUT2D eigenvalue weighted by Gasteiger charge is -1.96. The molecule has 0 aliphatic heterocycles. The molecular formula is C8H10Cl2N2O2. The highest BCUT2D eigenvalue weighted by atomic mass is 35.5. The molecular weight excluding hydrogens is 227 g/mol. The first-order chi connectivity index (χ1) is 6.65. The number of hydrogen-bond donors (Lipinski definition) is 1. The first-order valence-electron chi connectivity index (χ1n) is 3.69. The van der Waals surface area contributed by atoms with Crippen molar-refractivity contribution in [2.45, 2.75) is 0 Å². The number of nitrogens with one attached hydrogen (secondary N) is 1. The molecule has 0 spiro atoms. The molecule has 1 aromatic rings. The standard InChI is InChI=1S/C7H8N2O2.CH2Cl2/c1-8-6-2-4-7(5-3-6)9(10)11;2-1-3/h2-5,8H,1H3;1H2. The predicted molar refractivity (Wildman–Crippen MR) is 59.2 cm³/mol. The number of nitro groups is 1. The minimum absolute atomic E-state index is 0.115. The van der Waals surface area contributed by atoms with Crippen LogP contribution < -0.4 is 5.32 Å². The van der Waals surface area contributed by atoms with Crippen LogP contribution in [0.5, 0.6) is 0 Å². The third-order valence-corrected chi connectivity index (χ3v) is 1.37. The van der Waals surface area contributed by atoms with Gasteiger partial charge in [0.15, 0.2) is 0 Å². The summed E-state index contributed by atoms with van der Waals surface area (Å²) in [5.74, 6) is 0. The number of anilines is 1. The van der Waals surface area contributed by atoms with Crippen LogP contribution in [0.3, 0.4) is 0 Å². The molecule has 0 amide bonds. The number of nitrogens with zero attached hydrogens (tertiary/aromatic N) is 1. The first-order valence-corrected chi connectivity index (χ1v) is 4.76. The Bertz CT molecular complexity index is 277. The van der Waals surface area contributed by atoms with E-state index in [9.17, 15) is 10.1 Å². The Morgan fingerprint density at radius 1 is 1.36 bits per heavy atom. The van der Waals surface area contributed by atoms with Crippen LogP contribution >= 0.6 is 23.2 Å². The quantitative estimate of drug-likeness (QED) is 0.488. The van der Waals surface area contributed by atoms with Gasteiger partial charge in [0.1, 0.15) is 0 Å². The molecule has 0 aliphatic rings. The summed E-state index contributed by atoms with van der Waals surface area (Å²) in [5, 5.41) is 13.3. The summed E-state index contributed by atoms with van der Waals surface area (Å²) in [5.41, 5.74) is 0.986. The highest BCUT2D eigenvalue weighted by Gasteiger charge is 2.01. The zero-order chi connectivity index (χ0) is 11.0. The van der Waals surface area contributed by atoms with Crippen molar-refractivity contribution in [3.05, 3.63) is 34.4 Å². The lowest BCUT2D eigenvalue weighted by atomic mass is 10.3. The van der Waals surface area contributed by atoms with Gasteiger partial charge in [0, 0.05) is 24.9 Å². The van der Waals surface area contributed by atoms with E-state index in [1.165, 1.54) is 12.1 Å². The second-order valence-corrected chi connectivity index (χ2v) is 2.96. The largest absolute Gasteiger partial charge is 0.388 e. The van der Waals surface area contributed by atoms with E-state index in [4.69, 9.17) is 23.2 Å². The molecule has 0 saturated carbocycles. The van der Waals surface area contributed by atoms with Crippen LogP contribution in [0.1, 0.15) is 0 Å². The van der Waals surface area contributed by atoms with Gasteiger partial charge in [-0.1, -0.05) is 0 Å². The summed E-state index contributed by atoms with van der Waals surface area (Å²) >= 11 is 9.53. The second-order valence-electron chi connectivity index (χ2n) is 2.15. The monoisotopic (exact) mass is 236 g/mol. The molecule has 0 unspecified atom stereocenters. The third-order valence-electron chi connectivity index (χ3n) is 1.37. The molecule has 1 rings (SSSR count). The number of nitro benzene ring substituents is 1. The Labute approximate surface area is 92.0 Å². The Hall–Kier alpha value is -1.00. The lowest BCUT2D eigenvalue weighted by Crippen LogP contribution is -1.89. The topological polar surface area (TPSA) is 55.2 Å². The zero-order valence-electron chi connectivity index (χ0n) is 7.54. The molecule has 0 bridgehead atoms. The minimum atomic E-state index is -0.417. The summed E-state index contributed by atoms with van der Waals surface area (Å²) in [7, 11) is 1.77. The normalized spacial score (nSPS) is 8.50. The summed E-state index contributed by atoms with van der Waals surface area (Å²) in [6.45, 7) is 0. The molecule has 0 heterocycles. The molecule has 4 nitrogen and oxygen atoms in total. The van der Waals surface area contributed by atoms with Gasteiger partial charge in [-0.15, -0.1) is 23.2 Å². The van der Waals surface area contributed by atoms with Gasteiger partial charge >= 0.3 is 0 Å².